The fourth-order valence-electron chi connectivity index (χ4n) is 4.79. The number of thioether (sulfide) groups is 1. The number of pyridine rings is 1. The Morgan fingerprint density at radius 3 is 2.64 bits per heavy atom. The molecule has 6 nitrogen and oxygen atoms in total. The summed E-state index contributed by atoms with van der Waals surface area (Å²) in [5, 5.41) is 3.62. The van der Waals surface area contributed by atoms with E-state index in [1.165, 1.54) is 49.9 Å². The minimum absolute atomic E-state index is 0.0699. The number of hydrogen-bond donors (Lipinski definition) is 2. The number of anilines is 2. The lowest BCUT2D eigenvalue weighted by Crippen LogP contribution is -2.36. The third-order valence-corrected chi connectivity index (χ3v) is 10.2. The van der Waals surface area contributed by atoms with Gasteiger partial charge in [0.1, 0.15) is 0 Å². The van der Waals surface area contributed by atoms with E-state index in [-0.39, 0.29) is 5.56 Å². The fraction of sp³-hybridized carbons (Fsp3) is 0.370. The average Bonchev–Trinajstić information content (AvgIpc) is 2.92. The summed E-state index contributed by atoms with van der Waals surface area (Å²) in [5.74, 6) is 2.50. The molecule has 2 fully saturated rings. The second kappa shape index (κ2) is 11.1. The molecule has 0 bridgehead atoms. The monoisotopic (exact) mass is 538 g/mol. The van der Waals surface area contributed by atoms with Gasteiger partial charge in [-0.1, -0.05) is 35.7 Å². The van der Waals surface area contributed by atoms with Crippen LogP contribution in [-0.4, -0.2) is 73.9 Å². The predicted molar refractivity (Wildman–Crippen MR) is 152 cm³/mol. The molecule has 0 unspecified atom stereocenters. The number of fused-ring (bicyclic) bond motifs is 2. The molecule has 0 atom stereocenters. The highest BCUT2D eigenvalue weighted by molar-refractivity contribution is 8.05. The van der Waals surface area contributed by atoms with E-state index in [1.54, 1.807) is 17.8 Å². The first-order valence-electron chi connectivity index (χ1n) is 12.5. The summed E-state index contributed by atoms with van der Waals surface area (Å²) in [4.78, 5) is 25.4. The van der Waals surface area contributed by atoms with Crippen molar-refractivity contribution in [1.82, 2.24) is 9.88 Å². The van der Waals surface area contributed by atoms with E-state index < -0.39 is 0 Å². The van der Waals surface area contributed by atoms with Crippen LogP contribution in [0.1, 0.15) is 0 Å². The maximum absolute atomic E-state index is 12.6. The van der Waals surface area contributed by atoms with Crippen LogP contribution in [0.15, 0.2) is 72.9 Å². The van der Waals surface area contributed by atoms with Crippen LogP contribution in [0.5, 0.6) is 0 Å². The number of nitrogens with one attached hydrogen (secondary N) is 2. The van der Waals surface area contributed by atoms with Gasteiger partial charge in [-0.3, -0.25) is 9.69 Å². The van der Waals surface area contributed by atoms with Crippen LogP contribution in [0.4, 0.5) is 11.4 Å². The minimum atomic E-state index is -0.0699. The Balaban J connectivity index is 1.21. The Hall–Kier alpha value is -2.04. The second-order valence-electron chi connectivity index (χ2n) is 9.10. The Labute approximate surface area is 224 Å². The molecular formula is C27H30N4O2S3. The van der Waals surface area contributed by atoms with Crippen LogP contribution in [0, 0.1) is 0 Å². The number of benzene rings is 2. The van der Waals surface area contributed by atoms with E-state index in [0.717, 1.165) is 43.1 Å². The third-order valence-electron chi connectivity index (χ3n) is 6.71. The second-order valence-corrected chi connectivity index (χ2v) is 12.5. The Morgan fingerprint density at radius 2 is 1.78 bits per heavy atom. The molecule has 188 valence electrons. The lowest BCUT2D eigenvalue weighted by molar-refractivity contribution is 0.122. The number of aromatic amines is 1. The number of ether oxygens (including phenoxy) is 1. The number of morpholine rings is 1. The van der Waals surface area contributed by atoms with Gasteiger partial charge in [0.15, 0.2) is 0 Å². The van der Waals surface area contributed by atoms with Gasteiger partial charge in [-0.05, 0) is 30.3 Å². The van der Waals surface area contributed by atoms with Gasteiger partial charge < -0.3 is 19.9 Å². The van der Waals surface area contributed by atoms with Gasteiger partial charge in [-0.15, -0.1) is 0 Å². The summed E-state index contributed by atoms with van der Waals surface area (Å²) >= 11 is 5.66. The molecule has 4 heterocycles. The molecular weight excluding hydrogens is 509 g/mol. The molecule has 0 aliphatic carbocycles. The SMILES string of the molecule is O=c1cc(N2CCOCC2)cc(-c2cccc3c2Sc2ccc(NCCN4CCSCC4)cc2S3)[nH]1. The quantitative estimate of drug-likeness (QED) is 0.358. The Morgan fingerprint density at radius 1 is 0.917 bits per heavy atom. The summed E-state index contributed by atoms with van der Waals surface area (Å²) in [6.07, 6.45) is 0. The van der Waals surface area contributed by atoms with Crippen LogP contribution in [0.2, 0.25) is 0 Å². The van der Waals surface area contributed by atoms with E-state index in [0.29, 0.717) is 13.2 Å². The average molecular weight is 539 g/mol. The molecule has 2 aromatic carbocycles. The van der Waals surface area contributed by atoms with E-state index in [4.69, 9.17) is 4.74 Å². The Bertz CT molecular complexity index is 1290. The zero-order valence-electron chi connectivity index (χ0n) is 20.1. The maximum atomic E-state index is 12.6. The molecule has 3 aromatic rings. The number of hydrogen-bond acceptors (Lipinski definition) is 8. The fourth-order valence-corrected chi connectivity index (χ4v) is 8.18. The lowest BCUT2D eigenvalue weighted by Gasteiger charge is -2.29. The van der Waals surface area contributed by atoms with Crippen molar-refractivity contribution in [3.05, 3.63) is 58.9 Å². The maximum Gasteiger partial charge on any atom is 0.250 e. The van der Waals surface area contributed by atoms with Gasteiger partial charge in [0.2, 0.25) is 5.56 Å². The zero-order chi connectivity index (χ0) is 24.3. The molecule has 9 heteroatoms. The summed E-state index contributed by atoms with van der Waals surface area (Å²) in [7, 11) is 0. The minimum Gasteiger partial charge on any atom is -0.384 e. The summed E-state index contributed by atoms with van der Waals surface area (Å²) in [5.41, 5.74) is 4.01. The lowest BCUT2D eigenvalue weighted by atomic mass is 10.1. The van der Waals surface area contributed by atoms with Crippen molar-refractivity contribution in [2.75, 3.05) is 74.2 Å². The van der Waals surface area contributed by atoms with Crippen LogP contribution in [0.25, 0.3) is 11.3 Å². The molecule has 2 N–H and O–H groups in total. The van der Waals surface area contributed by atoms with E-state index in [9.17, 15) is 4.79 Å². The van der Waals surface area contributed by atoms with Gasteiger partial charge in [-0.2, -0.15) is 11.8 Å². The predicted octanol–water partition coefficient (Wildman–Crippen LogP) is 4.96. The first-order valence-corrected chi connectivity index (χ1v) is 15.3. The smallest absolute Gasteiger partial charge is 0.250 e. The highest BCUT2D eigenvalue weighted by Gasteiger charge is 2.22. The number of H-pyrrole nitrogens is 1. The largest absolute Gasteiger partial charge is 0.384 e. The van der Waals surface area contributed by atoms with Gasteiger partial charge >= 0.3 is 0 Å². The molecule has 3 aliphatic rings. The molecule has 1 aromatic heterocycles. The number of rotatable bonds is 6. The zero-order valence-corrected chi connectivity index (χ0v) is 22.6. The van der Waals surface area contributed by atoms with Gasteiger partial charge in [0, 0.05) is 93.4 Å². The molecule has 36 heavy (non-hydrogen) atoms. The highest BCUT2D eigenvalue weighted by Crippen LogP contribution is 2.52. The number of aromatic nitrogens is 1. The first kappa shape index (κ1) is 24.3. The van der Waals surface area contributed by atoms with E-state index >= 15 is 0 Å². The van der Waals surface area contributed by atoms with Crippen molar-refractivity contribution >= 4 is 46.7 Å². The standard InChI is InChI=1S/C27H30N4O2S3/c32-26-18-20(31-8-12-33-13-9-31)17-22(29-26)21-2-1-3-24-27(21)36-23-5-4-19(16-25(23)35-24)28-6-7-30-10-14-34-15-11-30/h1-5,16-18,28H,6-15H2,(H,29,32). The van der Waals surface area contributed by atoms with Crippen molar-refractivity contribution in [3.63, 3.8) is 0 Å². The van der Waals surface area contributed by atoms with Crippen LogP contribution >= 0.6 is 35.3 Å². The molecule has 0 saturated carbocycles. The molecule has 0 amide bonds. The van der Waals surface area contributed by atoms with Gasteiger partial charge in [0.25, 0.3) is 0 Å². The van der Waals surface area contributed by atoms with Crippen molar-refractivity contribution in [2.45, 2.75) is 19.6 Å². The topological polar surface area (TPSA) is 60.6 Å². The molecule has 0 radical (unpaired) electrons. The van der Waals surface area contributed by atoms with Crippen LogP contribution in [-0.2, 0) is 4.74 Å². The molecule has 3 aliphatic heterocycles. The van der Waals surface area contributed by atoms with E-state index in [2.05, 4.69) is 74.3 Å². The molecule has 6 rings (SSSR count). The number of nitrogens with zero attached hydrogens (tertiary/aromatic N) is 2. The van der Waals surface area contributed by atoms with Crippen molar-refractivity contribution in [1.29, 1.82) is 0 Å². The van der Waals surface area contributed by atoms with Gasteiger partial charge in [0.05, 0.1) is 18.9 Å². The third kappa shape index (κ3) is 5.45. The molecule has 2 saturated heterocycles. The highest BCUT2D eigenvalue weighted by atomic mass is 32.2. The Kier molecular flexibility index (Phi) is 7.53. The van der Waals surface area contributed by atoms with Crippen molar-refractivity contribution in [2.24, 2.45) is 0 Å². The normalized spacial score (nSPS) is 17.9. The van der Waals surface area contributed by atoms with Crippen molar-refractivity contribution in [3.8, 4) is 11.3 Å². The van der Waals surface area contributed by atoms with Gasteiger partial charge in [-0.25, -0.2) is 0 Å². The molecule has 0 spiro atoms. The van der Waals surface area contributed by atoms with Crippen LogP contribution < -0.4 is 15.8 Å². The first-order chi connectivity index (χ1) is 17.7. The summed E-state index contributed by atoms with van der Waals surface area (Å²) in [6, 6.07) is 16.9. The van der Waals surface area contributed by atoms with Crippen LogP contribution in [0.3, 0.4) is 0 Å². The van der Waals surface area contributed by atoms with E-state index in [1.807, 2.05) is 11.8 Å². The summed E-state index contributed by atoms with van der Waals surface area (Å²) in [6.45, 7) is 7.46. The van der Waals surface area contributed by atoms with Crippen molar-refractivity contribution < 1.29 is 4.74 Å². The summed E-state index contributed by atoms with van der Waals surface area (Å²) < 4.78 is 5.49.